The number of para-hydroxylation sites is 3. The van der Waals surface area contributed by atoms with Crippen LogP contribution in [0.25, 0.3) is 0 Å². The van der Waals surface area contributed by atoms with Crippen molar-refractivity contribution in [1.29, 1.82) is 0 Å². The fourth-order valence-electron chi connectivity index (χ4n) is 3.04. The number of anilines is 2. The van der Waals surface area contributed by atoms with Crippen LogP contribution in [0.5, 0.6) is 5.75 Å². The van der Waals surface area contributed by atoms with E-state index in [1.165, 1.54) is 23.5 Å². The fraction of sp³-hybridized carbons (Fsp3) is 0.136. The molecule has 162 valence electrons. The Balaban J connectivity index is 2.03. The van der Waals surface area contributed by atoms with E-state index in [-0.39, 0.29) is 27.0 Å². The van der Waals surface area contributed by atoms with Crippen LogP contribution in [-0.2, 0) is 10.0 Å². The van der Waals surface area contributed by atoms with E-state index < -0.39 is 15.9 Å². The number of halogens is 2. The number of benzene rings is 3. The van der Waals surface area contributed by atoms with Gasteiger partial charge in [-0.25, -0.2) is 8.42 Å². The summed E-state index contributed by atoms with van der Waals surface area (Å²) in [5.41, 5.74) is 0.876. The second kappa shape index (κ2) is 9.60. The highest BCUT2D eigenvalue weighted by Gasteiger charge is 2.28. The summed E-state index contributed by atoms with van der Waals surface area (Å²) in [6.07, 6.45) is 0. The lowest BCUT2D eigenvalue weighted by atomic mass is 10.2. The summed E-state index contributed by atoms with van der Waals surface area (Å²) in [6.45, 7) is 1.89. The van der Waals surface area contributed by atoms with Crippen LogP contribution in [0.2, 0.25) is 10.0 Å². The Kier molecular flexibility index (Phi) is 7.10. The molecule has 9 heteroatoms. The number of nitrogens with one attached hydrogen (secondary N) is 1. The highest BCUT2D eigenvalue weighted by Crippen LogP contribution is 2.33. The number of methoxy groups -OCH3 is 1. The third-order valence-electron chi connectivity index (χ3n) is 4.52. The number of hydrogen-bond acceptors (Lipinski definition) is 4. The van der Waals surface area contributed by atoms with Gasteiger partial charge >= 0.3 is 0 Å². The lowest BCUT2D eigenvalue weighted by molar-refractivity contribution is 0.102. The zero-order valence-electron chi connectivity index (χ0n) is 16.8. The minimum atomic E-state index is -4.06. The van der Waals surface area contributed by atoms with Gasteiger partial charge in [-0.2, -0.15) is 0 Å². The van der Waals surface area contributed by atoms with E-state index in [9.17, 15) is 13.2 Å². The Labute approximate surface area is 191 Å². The molecular weight excluding hydrogens is 459 g/mol. The predicted molar refractivity (Wildman–Crippen MR) is 124 cm³/mol. The van der Waals surface area contributed by atoms with E-state index in [1.54, 1.807) is 61.5 Å². The zero-order valence-corrected chi connectivity index (χ0v) is 19.1. The molecule has 1 amide bonds. The standard InChI is InChI=1S/C22H20Cl2N2O4S/c1-3-26(15-9-5-4-6-10-15)31(28,29)21-13-16(17(23)14-18(21)24)22(27)25-19-11-7-8-12-20(19)30-2/h4-14H,3H2,1-2H3,(H,25,27). The number of amides is 1. The van der Waals surface area contributed by atoms with Gasteiger partial charge in [0.15, 0.2) is 0 Å². The van der Waals surface area contributed by atoms with Crippen LogP contribution >= 0.6 is 23.2 Å². The maximum atomic E-state index is 13.4. The summed E-state index contributed by atoms with van der Waals surface area (Å²) < 4.78 is 33.2. The van der Waals surface area contributed by atoms with Crippen LogP contribution in [-0.4, -0.2) is 28.0 Å². The first-order chi connectivity index (χ1) is 14.8. The Morgan fingerprint density at radius 3 is 2.29 bits per heavy atom. The summed E-state index contributed by atoms with van der Waals surface area (Å²) in [7, 11) is -2.58. The van der Waals surface area contributed by atoms with Crippen LogP contribution in [0.15, 0.2) is 71.6 Å². The maximum Gasteiger partial charge on any atom is 0.265 e. The Morgan fingerprint density at radius 1 is 1.00 bits per heavy atom. The molecule has 0 aliphatic rings. The van der Waals surface area contributed by atoms with Crippen LogP contribution in [0, 0.1) is 0 Å². The molecule has 0 radical (unpaired) electrons. The van der Waals surface area contributed by atoms with Crippen LogP contribution in [0.1, 0.15) is 17.3 Å². The van der Waals surface area contributed by atoms with E-state index >= 15 is 0 Å². The van der Waals surface area contributed by atoms with Gasteiger partial charge in [-0.3, -0.25) is 9.10 Å². The average molecular weight is 479 g/mol. The molecule has 1 N–H and O–H groups in total. The molecule has 3 aromatic carbocycles. The number of hydrogen-bond donors (Lipinski definition) is 1. The molecule has 0 saturated carbocycles. The molecule has 0 aliphatic carbocycles. The molecule has 0 heterocycles. The van der Waals surface area contributed by atoms with E-state index in [1.807, 2.05) is 0 Å². The topological polar surface area (TPSA) is 75.7 Å². The molecule has 0 bridgehead atoms. The number of ether oxygens (including phenoxy) is 1. The molecule has 0 fully saturated rings. The number of carbonyl (C=O) groups excluding carboxylic acids is 1. The van der Waals surface area contributed by atoms with Crippen molar-refractivity contribution in [2.75, 3.05) is 23.3 Å². The highest BCUT2D eigenvalue weighted by molar-refractivity contribution is 7.93. The lowest BCUT2D eigenvalue weighted by Crippen LogP contribution is -2.31. The first kappa shape index (κ1) is 22.9. The van der Waals surface area contributed by atoms with Gasteiger partial charge in [-0.15, -0.1) is 0 Å². The van der Waals surface area contributed by atoms with E-state index in [0.717, 1.165) is 0 Å². The molecule has 0 saturated heterocycles. The van der Waals surface area contributed by atoms with Gasteiger partial charge in [0.05, 0.1) is 34.1 Å². The third kappa shape index (κ3) is 4.79. The Hall–Kier alpha value is -2.74. The molecular formula is C22H20Cl2N2O4S. The van der Waals surface area contributed by atoms with Crippen molar-refractivity contribution < 1.29 is 17.9 Å². The van der Waals surface area contributed by atoms with Gasteiger partial charge in [0, 0.05) is 6.54 Å². The van der Waals surface area contributed by atoms with Gasteiger partial charge in [0.2, 0.25) is 0 Å². The largest absolute Gasteiger partial charge is 0.495 e. The molecule has 6 nitrogen and oxygen atoms in total. The van der Waals surface area contributed by atoms with Crippen molar-refractivity contribution in [3.8, 4) is 5.75 Å². The van der Waals surface area contributed by atoms with Gasteiger partial charge in [-0.1, -0.05) is 53.5 Å². The van der Waals surface area contributed by atoms with Crippen molar-refractivity contribution in [3.05, 3.63) is 82.3 Å². The Morgan fingerprint density at radius 2 is 1.65 bits per heavy atom. The van der Waals surface area contributed by atoms with Gasteiger partial charge in [0.1, 0.15) is 10.6 Å². The second-order valence-corrected chi connectivity index (χ2v) is 9.07. The third-order valence-corrected chi connectivity index (χ3v) is 7.20. The zero-order chi connectivity index (χ0) is 22.6. The van der Waals surface area contributed by atoms with E-state index in [4.69, 9.17) is 27.9 Å². The van der Waals surface area contributed by atoms with Crippen molar-refractivity contribution in [2.24, 2.45) is 0 Å². The number of sulfonamides is 1. The summed E-state index contributed by atoms with van der Waals surface area (Å²) >= 11 is 12.5. The number of nitrogens with zero attached hydrogens (tertiary/aromatic N) is 1. The molecule has 0 spiro atoms. The lowest BCUT2D eigenvalue weighted by Gasteiger charge is -2.24. The minimum absolute atomic E-state index is 0.0270. The van der Waals surface area contributed by atoms with E-state index in [0.29, 0.717) is 17.1 Å². The first-order valence-corrected chi connectivity index (χ1v) is 11.5. The molecule has 0 atom stereocenters. The molecule has 0 aromatic heterocycles. The van der Waals surface area contributed by atoms with Crippen molar-refractivity contribution in [1.82, 2.24) is 0 Å². The minimum Gasteiger partial charge on any atom is -0.495 e. The van der Waals surface area contributed by atoms with E-state index in [2.05, 4.69) is 5.32 Å². The Bertz CT molecular complexity index is 1200. The van der Waals surface area contributed by atoms with Crippen molar-refractivity contribution in [2.45, 2.75) is 11.8 Å². The number of rotatable bonds is 7. The number of carbonyl (C=O) groups is 1. The molecule has 3 rings (SSSR count). The highest BCUT2D eigenvalue weighted by atomic mass is 35.5. The van der Waals surface area contributed by atoms with Gasteiger partial charge < -0.3 is 10.1 Å². The quantitative estimate of drug-likeness (QED) is 0.488. The van der Waals surface area contributed by atoms with Crippen LogP contribution < -0.4 is 14.4 Å². The summed E-state index contributed by atoms with van der Waals surface area (Å²) in [5, 5.41) is 2.64. The van der Waals surface area contributed by atoms with Crippen LogP contribution in [0.3, 0.4) is 0 Å². The summed E-state index contributed by atoms with van der Waals surface area (Å²) in [5.74, 6) is -0.139. The molecule has 3 aromatic rings. The van der Waals surface area contributed by atoms with Crippen molar-refractivity contribution >= 4 is 50.5 Å². The second-order valence-electron chi connectivity index (χ2n) is 6.42. The molecule has 0 aliphatic heterocycles. The van der Waals surface area contributed by atoms with Gasteiger partial charge in [-0.05, 0) is 43.3 Å². The average Bonchev–Trinajstić information content (AvgIpc) is 2.75. The summed E-state index contributed by atoms with van der Waals surface area (Å²) in [4.78, 5) is 12.7. The van der Waals surface area contributed by atoms with Gasteiger partial charge in [0.25, 0.3) is 15.9 Å². The SMILES string of the molecule is CCN(c1ccccc1)S(=O)(=O)c1cc(C(=O)Nc2ccccc2OC)c(Cl)cc1Cl. The fourth-order valence-corrected chi connectivity index (χ4v) is 5.35. The molecule has 0 unspecified atom stereocenters. The maximum absolute atomic E-state index is 13.4. The predicted octanol–water partition coefficient (Wildman–Crippen LogP) is 5.47. The smallest absolute Gasteiger partial charge is 0.265 e. The van der Waals surface area contributed by atoms with Crippen LogP contribution in [0.4, 0.5) is 11.4 Å². The normalized spacial score (nSPS) is 11.1. The van der Waals surface area contributed by atoms with Crippen molar-refractivity contribution in [3.63, 3.8) is 0 Å². The summed E-state index contributed by atoms with van der Waals surface area (Å²) in [6, 6.07) is 17.9. The first-order valence-electron chi connectivity index (χ1n) is 9.30. The monoisotopic (exact) mass is 478 g/mol. The molecule has 31 heavy (non-hydrogen) atoms.